The molecule has 2 fully saturated rings. The van der Waals surface area contributed by atoms with Crippen LogP contribution in [-0.4, -0.2) is 60.0 Å². The summed E-state index contributed by atoms with van der Waals surface area (Å²) in [5, 5.41) is 2.98. The van der Waals surface area contributed by atoms with E-state index in [1.54, 1.807) is 12.3 Å². The molecule has 1 N–H and O–H groups in total. The number of carbonyl (C=O) groups is 1. The van der Waals surface area contributed by atoms with Gasteiger partial charge in [0.05, 0.1) is 0 Å². The Morgan fingerprint density at radius 1 is 1.35 bits per heavy atom. The SMILES string of the molecule is CNc1cc(C(=O)N2CCC3CCC(C2)N3C)ccn1. The van der Waals surface area contributed by atoms with Gasteiger partial charge in [-0.3, -0.25) is 9.69 Å². The van der Waals surface area contributed by atoms with Crippen LogP contribution in [0.2, 0.25) is 0 Å². The van der Waals surface area contributed by atoms with Crippen molar-refractivity contribution in [3.8, 4) is 0 Å². The molecule has 2 bridgehead atoms. The van der Waals surface area contributed by atoms with Gasteiger partial charge in [-0.15, -0.1) is 0 Å². The fourth-order valence-corrected chi connectivity index (χ4v) is 3.38. The second-order valence-corrected chi connectivity index (χ2v) is 5.77. The minimum atomic E-state index is 0.129. The third kappa shape index (κ3) is 2.38. The van der Waals surface area contributed by atoms with Gasteiger partial charge in [0.25, 0.3) is 5.91 Å². The number of nitrogens with one attached hydrogen (secondary N) is 1. The summed E-state index contributed by atoms with van der Waals surface area (Å²) >= 11 is 0. The molecule has 20 heavy (non-hydrogen) atoms. The molecule has 0 aliphatic carbocycles. The van der Waals surface area contributed by atoms with E-state index >= 15 is 0 Å². The number of hydrogen-bond donors (Lipinski definition) is 1. The molecule has 108 valence electrons. The van der Waals surface area contributed by atoms with E-state index in [0.717, 1.165) is 30.9 Å². The smallest absolute Gasteiger partial charge is 0.254 e. The predicted molar refractivity (Wildman–Crippen MR) is 78.9 cm³/mol. The van der Waals surface area contributed by atoms with Gasteiger partial charge in [0.1, 0.15) is 5.82 Å². The summed E-state index contributed by atoms with van der Waals surface area (Å²) in [5.74, 6) is 0.870. The van der Waals surface area contributed by atoms with Gasteiger partial charge in [0.2, 0.25) is 0 Å². The van der Waals surface area contributed by atoms with Gasteiger partial charge < -0.3 is 10.2 Å². The van der Waals surface area contributed by atoms with Crippen LogP contribution in [0.4, 0.5) is 5.82 Å². The molecule has 1 aromatic rings. The summed E-state index contributed by atoms with van der Waals surface area (Å²) in [7, 11) is 4.01. The second-order valence-electron chi connectivity index (χ2n) is 5.77. The summed E-state index contributed by atoms with van der Waals surface area (Å²) in [6.07, 6.45) is 5.27. The van der Waals surface area contributed by atoms with Gasteiger partial charge in [-0.25, -0.2) is 4.98 Å². The number of aromatic nitrogens is 1. The van der Waals surface area contributed by atoms with E-state index in [2.05, 4.69) is 22.2 Å². The lowest BCUT2D eigenvalue weighted by molar-refractivity contribution is 0.0740. The zero-order valence-electron chi connectivity index (χ0n) is 12.2. The summed E-state index contributed by atoms with van der Waals surface area (Å²) in [5.41, 5.74) is 0.727. The Bertz CT molecular complexity index is 504. The minimum absolute atomic E-state index is 0.129. The Balaban J connectivity index is 1.77. The molecular weight excluding hydrogens is 252 g/mol. The van der Waals surface area contributed by atoms with Crippen molar-refractivity contribution >= 4 is 11.7 Å². The predicted octanol–water partition coefficient (Wildman–Crippen LogP) is 1.43. The van der Waals surface area contributed by atoms with Crippen LogP contribution < -0.4 is 5.32 Å². The highest BCUT2D eigenvalue weighted by atomic mass is 16.2. The zero-order chi connectivity index (χ0) is 14.1. The topological polar surface area (TPSA) is 48.5 Å². The molecule has 3 heterocycles. The average molecular weight is 274 g/mol. The molecule has 0 radical (unpaired) electrons. The van der Waals surface area contributed by atoms with Crippen LogP contribution in [-0.2, 0) is 0 Å². The summed E-state index contributed by atoms with van der Waals surface area (Å²) < 4.78 is 0. The van der Waals surface area contributed by atoms with E-state index in [0.29, 0.717) is 12.1 Å². The van der Waals surface area contributed by atoms with Crippen LogP contribution in [0.3, 0.4) is 0 Å². The molecule has 1 aromatic heterocycles. The van der Waals surface area contributed by atoms with E-state index in [1.807, 2.05) is 18.0 Å². The molecule has 3 rings (SSSR count). The Labute approximate surface area is 120 Å². The highest BCUT2D eigenvalue weighted by Crippen LogP contribution is 2.29. The van der Waals surface area contributed by atoms with Gasteiger partial charge >= 0.3 is 0 Å². The van der Waals surface area contributed by atoms with E-state index in [1.165, 1.54) is 12.8 Å². The van der Waals surface area contributed by atoms with Crippen LogP contribution in [0.15, 0.2) is 18.3 Å². The van der Waals surface area contributed by atoms with Crippen molar-refractivity contribution in [2.24, 2.45) is 0 Å². The van der Waals surface area contributed by atoms with Gasteiger partial charge in [-0.2, -0.15) is 0 Å². The fraction of sp³-hybridized carbons (Fsp3) is 0.600. The molecule has 0 aromatic carbocycles. The van der Waals surface area contributed by atoms with E-state index in [9.17, 15) is 4.79 Å². The number of likely N-dealkylation sites (tertiary alicyclic amines) is 1. The number of anilines is 1. The van der Waals surface area contributed by atoms with E-state index < -0.39 is 0 Å². The molecule has 2 unspecified atom stereocenters. The zero-order valence-corrected chi connectivity index (χ0v) is 12.2. The lowest BCUT2D eigenvalue weighted by Crippen LogP contribution is -2.39. The number of pyridine rings is 1. The normalized spacial score (nSPS) is 26.4. The summed E-state index contributed by atoms with van der Waals surface area (Å²) in [4.78, 5) is 21.3. The highest BCUT2D eigenvalue weighted by molar-refractivity contribution is 5.94. The van der Waals surface area contributed by atoms with Crippen LogP contribution >= 0.6 is 0 Å². The Kier molecular flexibility index (Phi) is 3.61. The average Bonchev–Trinajstić information content (AvgIpc) is 2.71. The second kappa shape index (κ2) is 5.40. The van der Waals surface area contributed by atoms with Crippen molar-refractivity contribution < 1.29 is 4.79 Å². The number of rotatable bonds is 2. The number of carbonyl (C=O) groups excluding carboxylic acids is 1. The number of likely N-dealkylation sites (N-methyl/N-ethyl adjacent to an activating group) is 1. The first kappa shape index (κ1) is 13.4. The third-order valence-corrected chi connectivity index (χ3v) is 4.70. The lowest BCUT2D eigenvalue weighted by Gasteiger charge is -2.26. The maximum absolute atomic E-state index is 12.7. The third-order valence-electron chi connectivity index (χ3n) is 4.70. The monoisotopic (exact) mass is 274 g/mol. The first-order valence-corrected chi connectivity index (χ1v) is 7.34. The number of hydrogen-bond acceptors (Lipinski definition) is 4. The maximum Gasteiger partial charge on any atom is 0.254 e. The quantitative estimate of drug-likeness (QED) is 0.886. The largest absolute Gasteiger partial charge is 0.373 e. The van der Waals surface area contributed by atoms with Crippen molar-refractivity contribution in [1.29, 1.82) is 0 Å². The molecular formula is C15H22N4O. The Morgan fingerprint density at radius 2 is 2.15 bits per heavy atom. The molecule has 2 aliphatic rings. The van der Waals surface area contributed by atoms with Gasteiger partial charge in [-0.1, -0.05) is 0 Å². The molecule has 5 nitrogen and oxygen atoms in total. The van der Waals surface area contributed by atoms with Crippen LogP contribution in [0.1, 0.15) is 29.6 Å². The standard InChI is InChI=1S/C15H22N4O/c1-16-14-9-11(5-7-17-14)15(20)19-8-6-12-3-4-13(10-19)18(12)2/h5,7,9,12-13H,3-4,6,8,10H2,1-2H3,(H,16,17). The minimum Gasteiger partial charge on any atom is -0.373 e. The van der Waals surface area contributed by atoms with Crippen molar-refractivity contribution in [3.63, 3.8) is 0 Å². The fourth-order valence-electron chi connectivity index (χ4n) is 3.38. The van der Waals surface area contributed by atoms with E-state index in [4.69, 9.17) is 0 Å². The maximum atomic E-state index is 12.7. The van der Waals surface area contributed by atoms with E-state index in [-0.39, 0.29) is 5.91 Å². The number of nitrogens with zero attached hydrogens (tertiary/aromatic N) is 3. The van der Waals surface area contributed by atoms with Crippen molar-refractivity contribution in [2.75, 3.05) is 32.5 Å². The Morgan fingerprint density at radius 3 is 2.95 bits per heavy atom. The lowest BCUT2D eigenvalue weighted by atomic mass is 10.1. The highest BCUT2D eigenvalue weighted by Gasteiger charge is 2.36. The number of fused-ring (bicyclic) bond motifs is 2. The first-order valence-electron chi connectivity index (χ1n) is 7.34. The van der Waals surface area contributed by atoms with Crippen LogP contribution in [0, 0.1) is 0 Å². The molecule has 2 aliphatic heterocycles. The van der Waals surface area contributed by atoms with Gasteiger partial charge in [0, 0.05) is 44.0 Å². The molecule has 0 spiro atoms. The molecule has 0 saturated carbocycles. The first-order chi connectivity index (χ1) is 9.69. The van der Waals surface area contributed by atoms with Crippen molar-refractivity contribution in [2.45, 2.75) is 31.3 Å². The van der Waals surface area contributed by atoms with Gasteiger partial charge in [-0.05, 0) is 38.4 Å². The Hall–Kier alpha value is -1.62. The van der Waals surface area contributed by atoms with Crippen LogP contribution in [0.5, 0.6) is 0 Å². The summed E-state index contributed by atoms with van der Waals surface area (Å²) in [6, 6.07) is 4.81. The molecule has 2 saturated heterocycles. The van der Waals surface area contributed by atoms with Crippen molar-refractivity contribution in [3.05, 3.63) is 23.9 Å². The van der Waals surface area contributed by atoms with Gasteiger partial charge in [0.15, 0.2) is 0 Å². The van der Waals surface area contributed by atoms with Crippen LogP contribution in [0.25, 0.3) is 0 Å². The molecule has 2 atom stereocenters. The summed E-state index contributed by atoms with van der Waals surface area (Å²) in [6.45, 7) is 1.71. The molecule has 5 heteroatoms. The number of amides is 1. The molecule has 1 amide bonds. The van der Waals surface area contributed by atoms with Crippen molar-refractivity contribution in [1.82, 2.24) is 14.8 Å².